The van der Waals surface area contributed by atoms with Gasteiger partial charge in [0, 0.05) is 19.6 Å². The van der Waals surface area contributed by atoms with E-state index >= 15 is 0 Å². The van der Waals surface area contributed by atoms with Crippen LogP contribution in [0.25, 0.3) is 11.1 Å². The van der Waals surface area contributed by atoms with E-state index in [-0.39, 0.29) is 17.9 Å². The van der Waals surface area contributed by atoms with Crippen molar-refractivity contribution in [3.05, 3.63) is 30.2 Å². The number of piperidine rings is 1. The first-order valence-electron chi connectivity index (χ1n) is 7.89. The Morgan fingerprint density at radius 2 is 2.22 bits per heavy atom. The van der Waals surface area contributed by atoms with Gasteiger partial charge in [-0.15, -0.1) is 0 Å². The van der Waals surface area contributed by atoms with E-state index in [1.165, 1.54) is 0 Å². The number of fused-ring (bicyclic) bond motifs is 1. The SMILES string of the molecule is O=C1NCC(C(=O)N2CCCC(c3nc4ccccc4o3)C2)N1. The first-order chi connectivity index (χ1) is 11.2. The summed E-state index contributed by atoms with van der Waals surface area (Å²) in [4.78, 5) is 30.1. The molecule has 2 unspecified atom stereocenters. The maximum absolute atomic E-state index is 12.5. The fourth-order valence-corrected chi connectivity index (χ4v) is 3.27. The molecule has 3 heterocycles. The Morgan fingerprint density at radius 3 is 3.00 bits per heavy atom. The predicted octanol–water partition coefficient (Wildman–Crippen LogP) is 1.22. The van der Waals surface area contributed by atoms with Crippen molar-refractivity contribution in [2.24, 2.45) is 0 Å². The maximum atomic E-state index is 12.5. The topological polar surface area (TPSA) is 87.5 Å². The number of likely N-dealkylation sites (tertiary alicyclic amines) is 1. The summed E-state index contributed by atoms with van der Waals surface area (Å²) < 4.78 is 5.85. The van der Waals surface area contributed by atoms with E-state index in [0.29, 0.717) is 25.5 Å². The molecule has 1 aromatic heterocycles. The lowest BCUT2D eigenvalue weighted by atomic mass is 9.97. The number of nitrogens with one attached hydrogen (secondary N) is 2. The first kappa shape index (κ1) is 14.0. The fourth-order valence-electron chi connectivity index (χ4n) is 3.27. The lowest BCUT2D eigenvalue weighted by molar-refractivity contribution is -0.134. The largest absolute Gasteiger partial charge is 0.440 e. The molecule has 7 heteroatoms. The van der Waals surface area contributed by atoms with Crippen LogP contribution in [0.2, 0.25) is 0 Å². The predicted molar refractivity (Wildman–Crippen MR) is 82.9 cm³/mol. The van der Waals surface area contributed by atoms with Crippen molar-refractivity contribution in [2.75, 3.05) is 19.6 Å². The molecule has 0 saturated carbocycles. The van der Waals surface area contributed by atoms with Gasteiger partial charge in [-0.3, -0.25) is 4.79 Å². The molecule has 2 fully saturated rings. The number of benzene rings is 1. The molecule has 3 amide bonds. The summed E-state index contributed by atoms with van der Waals surface area (Å²) in [5.41, 5.74) is 1.62. The number of hydrogen-bond donors (Lipinski definition) is 2. The summed E-state index contributed by atoms with van der Waals surface area (Å²) in [5.74, 6) is 0.756. The number of nitrogens with zero attached hydrogens (tertiary/aromatic N) is 2. The van der Waals surface area contributed by atoms with Crippen LogP contribution in [0.1, 0.15) is 24.7 Å². The van der Waals surface area contributed by atoms with Crippen molar-refractivity contribution < 1.29 is 14.0 Å². The summed E-state index contributed by atoms with van der Waals surface area (Å²) in [7, 11) is 0. The minimum Gasteiger partial charge on any atom is -0.440 e. The van der Waals surface area contributed by atoms with Crippen LogP contribution in [0.5, 0.6) is 0 Å². The summed E-state index contributed by atoms with van der Waals surface area (Å²) >= 11 is 0. The second kappa shape index (κ2) is 5.57. The molecule has 0 radical (unpaired) electrons. The number of amides is 3. The van der Waals surface area contributed by atoms with Crippen molar-refractivity contribution in [3.63, 3.8) is 0 Å². The van der Waals surface area contributed by atoms with E-state index < -0.39 is 6.04 Å². The van der Waals surface area contributed by atoms with Crippen molar-refractivity contribution in [1.29, 1.82) is 0 Å². The fraction of sp³-hybridized carbons (Fsp3) is 0.438. The second-order valence-electron chi connectivity index (χ2n) is 6.05. The summed E-state index contributed by atoms with van der Waals surface area (Å²) in [6, 6.07) is 6.93. The monoisotopic (exact) mass is 314 g/mol. The molecule has 2 aliphatic rings. The molecule has 2 aromatic rings. The lowest BCUT2D eigenvalue weighted by Gasteiger charge is -2.32. The molecule has 120 valence electrons. The lowest BCUT2D eigenvalue weighted by Crippen LogP contribution is -2.48. The van der Waals surface area contributed by atoms with E-state index in [1.807, 2.05) is 24.3 Å². The Hall–Kier alpha value is -2.57. The van der Waals surface area contributed by atoms with Gasteiger partial charge in [-0.05, 0) is 25.0 Å². The minimum atomic E-state index is -0.468. The van der Waals surface area contributed by atoms with E-state index in [9.17, 15) is 9.59 Å². The van der Waals surface area contributed by atoms with Crippen LogP contribution in [-0.2, 0) is 4.79 Å². The molecular weight excluding hydrogens is 296 g/mol. The van der Waals surface area contributed by atoms with Gasteiger partial charge < -0.3 is 20.0 Å². The highest BCUT2D eigenvalue weighted by molar-refractivity contribution is 5.90. The number of rotatable bonds is 2. The molecule has 2 N–H and O–H groups in total. The van der Waals surface area contributed by atoms with Crippen molar-refractivity contribution in [2.45, 2.75) is 24.8 Å². The first-order valence-corrected chi connectivity index (χ1v) is 7.89. The number of oxazole rings is 1. The van der Waals surface area contributed by atoms with Crippen LogP contribution >= 0.6 is 0 Å². The van der Waals surface area contributed by atoms with Crippen molar-refractivity contribution in [1.82, 2.24) is 20.5 Å². The standard InChI is InChI=1S/C16H18N4O3/c21-15(12-8-17-16(22)19-12)20-7-3-4-10(9-20)14-18-11-5-1-2-6-13(11)23-14/h1-2,5-6,10,12H,3-4,7-9H2,(H2,17,19,22). The van der Waals surface area contributed by atoms with Crippen LogP contribution < -0.4 is 10.6 Å². The van der Waals surface area contributed by atoms with Gasteiger partial charge in [0.1, 0.15) is 11.6 Å². The zero-order chi connectivity index (χ0) is 15.8. The van der Waals surface area contributed by atoms with E-state index in [1.54, 1.807) is 4.90 Å². The number of para-hydroxylation sites is 2. The van der Waals surface area contributed by atoms with Crippen molar-refractivity contribution in [3.8, 4) is 0 Å². The summed E-state index contributed by atoms with van der Waals surface area (Å²) in [6.45, 7) is 1.64. The van der Waals surface area contributed by atoms with Gasteiger partial charge in [0.25, 0.3) is 0 Å². The highest BCUT2D eigenvalue weighted by Gasteiger charge is 2.34. The van der Waals surface area contributed by atoms with Crippen LogP contribution in [0.3, 0.4) is 0 Å². The van der Waals surface area contributed by atoms with E-state index in [2.05, 4.69) is 15.6 Å². The quantitative estimate of drug-likeness (QED) is 0.872. The second-order valence-corrected chi connectivity index (χ2v) is 6.05. The number of hydrogen-bond acceptors (Lipinski definition) is 4. The third kappa shape index (κ3) is 2.62. The van der Waals surface area contributed by atoms with Gasteiger partial charge in [0.05, 0.1) is 5.92 Å². The average molecular weight is 314 g/mol. The molecule has 2 saturated heterocycles. The smallest absolute Gasteiger partial charge is 0.315 e. The molecule has 7 nitrogen and oxygen atoms in total. The number of carbonyl (C=O) groups is 2. The van der Waals surface area contributed by atoms with Crippen LogP contribution in [0.15, 0.2) is 28.7 Å². The minimum absolute atomic E-state index is 0.0378. The molecule has 0 aliphatic carbocycles. The summed E-state index contributed by atoms with van der Waals surface area (Å²) in [6.07, 6.45) is 1.86. The molecule has 4 rings (SSSR count). The number of carbonyl (C=O) groups excluding carboxylic acids is 2. The molecule has 0 bridgehead atoms. The Labute approximate surface area is 133 Å². The third-order valence-corrected chi connectivity index (χ3v) is 4.46. The molecule has 0 spiro atoms. The highest BCUT2D eigenvalue weighted by atomic mass is 16.3. The Kier molecular flexibility index (Phi) is 3.40. The van der Waals surface area contributed by atoms with Gasteiger partial charge in [0.15, 0.2) is 11.5 Å². The zero-order valence-electron chi connectivity index (χ0n) is 12.6. The van der Waals surface area contributed by atoms with Gasteiger partial charge >= 0.3 is 6.03 Å². The van der Waals surface area contributed by atoms with Crippen LogP contribution in [0, 0.1) is 0 Å². The average Bonchev–Trinajstić information content (AvgIpc) is 3.20. The number of urea groups is 1. The molecular formula is C16H18N4O3. The van der Waals surface area contributed by atoms with Gasteiger partial charge in [0.2, 0.25) is 5.91 Å². The van der Waals surface area contributed by atoms with Gasteiger partial charge in [-0.2, -0.15) is 0 Å². The molecule has 2 aliphatic heterocycles. The third-order valence-electron chi connectivity index (χ3n) is 4.46. The van der Waals surface area contributed by atoms with Crippen LogP contribution in [-0.4, -0.2) is 47.5 Å². The zero-order valence-corrected chi connectivity index (χ0v) is 12.6. The molecule has 23 heavy (non-hydrogen) atoms. The number of aromatic nitrogens is 1. The molecule has 2 atom stereocenters. The Bertz CT molecular complexity index is 724. The van der Waals surface area contributed by atoms with Crippen molar-refractivity contribution >= 4 is 23.0 Å². The van der Waals surface area contributed by atoms with E-state index in [0.717, 1.165) is 23.9 Å². The molecule has 1 aromatic carbocycles. The van der Waals surface area contributed by atoms with E-state index in [4.69, 9.17) is 4.42 Å². The summed E-state index contributed by atoms with van der Waals surface area (Å²) in [5, 5.41) is 5.27. The van der Waals surface area contributed by atoms with Gasteiger partial charge in [-0.25, -0.2) is 9.78 Å². The Balaban J connectivity index is 1.50. The maximum Gasteiger partial charge on any atom is 0.315 e. The normalized spacial score (nSPS) is 24.5. The Morgan fingerprint density at radius 1 is 1.35 bits per heavy atom. The highest BCUT2D eigenvalue weighted by Crippen LogP contribution is 2.29. The van der Waals surface area contributed by atoms with Crippen LogP contribution in [0.4, 0.5) is 4.79 Å². The van der Waals surface area contributed by atoms with Gasteiger partial charge in [-0.1, -0.05) is 12.1 Å².